The van der Waals surface area contributed by atoms with Gasteiger partial charge in [-0.1, -0.05) is 0 Å². The number of hydrogen-bond acceptors (Lipinski definition) is 2. The Bertz CT molecular complexity index is 700. The molecule has 1 rings (SSSR count). The molecule has 0 saturated heterocycles. The second-order valence-electron chi connectivity index (χ2n) is 6.48. The van der Waals surface area contributed by atoms with Crippen LogP contribution in [-0.2, 0) is 9.59 Å². The Labute approximate surface area is 156 Å². The van der Waals surface area contributed by atoms with Crippen molar-refractivity contribution in [1.82, 2.24) is 0 Å². The largest absolute Gasteiger partial charge is 0.481 e. The van der Waals surface area contributed by atoms with Crippen LogP contribution < -0.4 is 0 Å². The number of hydrogen-bond donors (Lipinski definition) is 2. The fourth-order valence-electron chi connectivity index (χ4n) is 2.93. The number of carbonyl (C=O) groups is 2. The van der Waals surface area contributed by atoms with Crippen molar-refractivity contribution < 1.29 is 76.9 Å². The zero-order valence-corrected chi connectivity index (χ0v) is 13.8. The zero-order chi connectivity index (χ0) is 24.3. The quantitative estimate of drug-likeness (QED) is 0.530. The normalized spacial score (nSPS) is 24.8. The molecule has 30 heavy (non-hydrogen) atoms. The number of alkyl halides is 13. The van der Waals surface area contributed by atoms with Gasteiger partial charge in [0, 0.05) is 5.92 Å². The minimum atomic E-state index is -8.10. The first kappa shape index (κ1) is 26.1. The van der Waals surface area contributed by atoms with E-state index in [-0.39, 0.29) is 0 Å². The summed E-state index contributed by atoms with van der Waals surface area (Å²) in [6, 6.07) is 0. The van der Waals surface area contributed by atoms with E-state index < -0.39 is 78.3 Å². The van der Waals surface area contributed by atoms with Crippen LogP contribution in [0.15, 0.2) is 0 Å². The van der Waals surface area contributed by atoms with Crippen molar-refractivity contribution in [1.29, 1.82) is 0 Å². The van der Waals surface area contributed by atoms with Crippen molar-refractivity contribution in [3.05, 3.63) is 0 Å². The smallest absolute Gasteiger partial charge is 0.460 e. The van der Waals surface area contributed by atoms with Gasteiger partial charge in [-0.25, -0.2) is 0 Å². The van der Waals surface area contributed by atoms with Crippen LogP contribution in [0, 0.1) is 17.8 Å². The van der Waals surface area contributed by atoms with Crippen LogP contribution in [0.3, 0.4) is 0 Å². The van der Waals surface area contributed by atoms with Crippen LogP contribution in [0.1, 0.15) is 12.8 Å². The van der Waals surface area contributed by atoms with Crippen molar-refractivity contribution in [3.8, 4) is 0 Å². The molecule has 1 fully saturated rings. The monoisotopic (exact) mass is 476 g/mol. The minimum absolute atomic E-state index is 1.35. The maximum atomic E-state index is 14.1. The van der Waals surface area contributed by atoms with E-state index in [1.165, 1.54) is 0 Å². The predicted molar refractivity (Wildman–Crippen MR) is 65.8 cm³/mol. The molecule has 2 N–H and O–H groups in total. The van der Waals surface area contributed by atoms with Gasteiger partial charge in [0.2, 0.25) is 0 Å². The lowest BCUT2D eigenvalue weighted by Crippen LogP contribution is -2.71. The van der Waals surface area contributed by atoms with E-state index in [0.29, 0.717) is 0 Å². The first-order valence-corrected chi connectivity index (χ1v) is 7.39. The SMILES string of the molecule is O=C(O)C1CC(C(=O)O)C(C(F)(F)C(F)(F)C(F)(F)C(F)(F)C(F)(F)C(F)(F)F)C1. The molecule has 1 saturated carbocycles. The summed E-state index contributed by atoms with van der Waals surface area (Å²) in [6.45, 7) is 0. The Kier molecular flexibility index (Phi) is 6.11. The number of aliphatic carboxylic acids is 2. The van der Waals surface area contributed by atoms with E-state index in [2.05, 4.69) is 0 Å². The summed E-state index contributed by atoms with van der Waals surface area (Å²) in [4.78, 5) is 21.7. The van der Waals surface area contributed by atoms with Crippen molar-refractivity contribution in [2.24, 2.45) is 17.8 Å². The third-order valence-corrected chi connectivity index (χ3v) is 4.65. The minimum Gasteiger partial charge on any atom is -0.481 e. The third kappa shape index (κ3) is 3.42. The Hall–Kier alpha value is -1.97. The van der Waals surface area contributed by atoms with Gasteiger partial charge in [0.25, 0.3) is 0 Å². The highest BCUT2D eigenvalue weighted by Crippen LogP contribution is 2.63. The summed E-state index contributed by atoms with van der Waals surface area (Å²) in [5, 5.41) is 17.4. The zero-order valence-electron chi connectivity index (χ0n) is 13.8. The van der Waals surface area contributed by atoms with Crippen molar-refractivity contribution >= 4 is 11.9 Å². The molecule has 3 atom stereocenters. The summed E-state index contributed by atoms with van der Waals surface area (Å²) in [5.74, 6) is -51.4. The van der Waals surface area contributed by atoms with E-state index in [4.69, 9.17) is 10.2 Å². The van der Waals surface area contributed by atoms with E-state index in [9.17, 15) is 66.7 Å². The Morgan fingerprint density at radius 1 is 0.600 bits per heavy atom. The molecule has 0 aromatic heterocycles. The third-order valence-electron chi connectivity index (χ3n) is 4.65. The average molecular weight is 476 g/mol. The number of carboxylic acid groups (broad SMARTS) is 2. The molecule has 0 heterocycles. The van der Waals surface area contributed by atoms with Crippen LogP contribution in [0.25, 0.3) is 0 Å². The number of rotatable bonds is 7. The molecule has 1 aliphatic rings. The number of halogens is 13. The lowest BCUT2D eigenvalue weighted by Gasteiger charge is -2.41. The van der Waals surface area contributed by atoms with Crippen molar-refractivity contribution in [2.75, 3.05) is 0 Å². The summed E-state index contributed by atoms with van der Waals surface area (Å²) < 4.78 is 171. The van der Waals surface area contributed by atoms with Crippen molar-refractivity contribution in [3.63, 3.8) is 0 Å². The van der Waals surface area contributed by atoms with Gasteiger partial charge in [-0.05, 0) is 12.8 Å². The van der Waals surface area contributed by atoms with E-state index in [1.807, 2.05) is 0 Å². The molecule has 0 aliphatic heterocycles. The van der Waals surface area contributed by atoms with E-state index in [1.54, 1.807) is 0 Å². The molecular formula is C13H9F13O4. The molecule has 0 bridgehead atoms. The first-order chi connectivity index (χ1) is 13.0. The Balaban J connectivity index is 3.55. The summed E-state index contributed by atoms with van der Waals surface area (Å²) in [5.41, 5.74) is 0. The summed E-state index contributed by atoms with van der Waals surface area (Å²) in [7, 11) is 0. The predicted octanol–water partition coefficient (Wildman–Crippen LogP) is 4.54. The van der Waals surface area contributed by atoms with Gasteiger partial charge in [-0.15, -0.1) is 0 Å². The molecule has 1 aliphatic carbocycles. The Morgan fingerprint density at radius 3 is 1.33 bits per heavy atom. The number of carboxylic acids is 2. The molecule has 0 spiro atoms. The highest BCUT2D eigenvalue weighted by molar-refractivity contribution is 5.76. The van der Waals surface area contributed by atoms with Gasteiger partial charge in [0.15, 0.2) is 0 Å². The lowest BCUT2D eigenvalue weighted by atomic mass is 9.82. The summed E-state index contributed by atoms with van der Waals surface area (Å²) in [6.07, 6.45) is -10.7. The molecule has 17 heteroatoms. The Morgan fingerprint density at radius 2 is 1.00 bits per heavy atom. The molecule has 176 valence electrons. The highest BCUT2D eigenvalue weighted by Gasteiger charge is 2.91. The van der Waals surface area contributed by atoms with Gasteiger partial charge >= 0.3 is 47.7 Å². The molecule has 3 unspecified atom stereocenters. The van der Waals surface area contributed by atoms with Gasteiger partial charge in [-0.2, -0.15) is 57.1 Å². The average Bonchev–Trinajstić information content (AvgIpc) is 2.99. The standard InChI is InChI=1S/C13H9F13O4/c14-8(15,5-2-3(6(27)28)1-4(5)7(29)30)9(16,17)10(18,19)11(20,21)12(22,23)13(24,25)26/h3-5H,1-2H2,(H,27,28)(H,29,30). The molecule has 4 nitrogen and oxygen atoms in total. The van der Waals surface area contributed by atoms with Gasteiger partial charge in [0.1, 0.15) is 0 Å². The molecular weight excluding hydrogens is 467 g/mol. The summed E-state index contributed by atoms with van der Waals surface area (Å²) >= 11 is 0. The van der Waals surface area contributed by atoms with Gasteiger partial charge < -0.3 is 10.2 Å². The van der Waals surface area contributed by atoms with Crippen molar-refractivity contribution in [2.45, 2.75) is 48.6 Å². The van der Waals surface area contributed by atoms with Gasteiger partial charge in [0.05, 0.1) is 11.8 Å². The fraction of sp³-hybridized carbons (Fsp3) is 0.846. The second-order valence-corrected chi connectivity index (χ2v) is 6.48. The van der Waals surface area contributed by atoms with Gasteiger partial charge in [-0.3, -0.25) is 9.59 Å². The lowest BCUT2D eigenvalue weighted by molar-refractivity contribution is -0.443. The molecule has 0 amide bonds. The fourth-order valence-corrected chi connectivity index (χ4v) is 2.93. The van der Waals surface area contributed by atoms with Crippen LogP contribution in [0.4, 0.5) is 57.1 Å². The molecule has 0 radical (unpaired) electrons. The maximum absolute atomic E-state index is 14.1. The van der Waals surface area contributed by atoms with Crippen LogP contribution in [-0.4, -0.2) is 57.9 Å². The van der Waals surface area contributed by atoms with E-state index >= 15 is 0 Å². The highest BCUT2D eigenvalue weighted by atomic mass is 19.4. The first-order valence-electron chi connectivity index (χ1n) is 7.39. The second kappa shape index (κ2) is 7.03. The van der Waals surface area contributed by atoms with Crippen LogP contribution >= 0.6 is 0 Å². The van der Waals surface area contributed by atoms with E-state index in [0.717, 1.165) is 0 Å². The molecule has 0 aromatic carbocycles. The molecule has 0 aromatic rings. The maximum Gasteiger partial charge on any atom is 0.460 e. The van der Waals surface area contributed by atoms with Crippen LogP contribution in [0.5, 0.6) is 0 Å². The topological polar surface area (TPSA) is 74.6 Å². The van der Waals surface area contributed by atoms with Crippen LogP contribution in [0.2, 0.25) is 0 Å².